The van der Waals surface area contributed by atoms with Crippen LogP contribution in [0.1, 0.15) is 252 Å². The van der Waals surface area contributed by atoms with Crippen LogP contribution in [0.2, 0.25) is 0 Å². The molecule has 0 aliphatic carbocycles. The van der Waals surface area contributed by atoms with E-state index in [9.17, 15) is 9.59 Å². The summed E-state index contributed by atoms with van der Waals surface area (Å²) in [5, 5.41) is 0. The first-order chi connectivity index (χ1) is 26.6. The number of carbonyl (C=O) groups is 2. The molecule has 0 fully saturated rings. The molecule has 5 heteroatoms. The minimum absolute atomic E-state index is 0.0897. The second-order valence-corrected chi connectivity index (χ2v) is 16.0. The lowest BCUT2D eigenvalue weighted by Gasteiger charge is -2.18. The van der Waals surface area contributed by atoms with Crippen molar-refractivity contribution < 1.29 is 23.8 Å². The molecule has 1 atom stereocenters. The summed E-state index contributed by atoms with van der Waals surface area (Å²) < 4.78 is 17.2. The molecule has 0 aromatic heterocycles. The van der Waals surface area contributed by atoms with Gasteiger partial charge in [-0.05, 0) is 51.4 Å². The van der Waals surface area contributed by atoms with Gasteiger partial charge in [0.25, 0.3) is 0 Å². The van der Waals surface area contributed by atoms with E-state index in [4.69, 9.17) is 14.2 Å². The second kappa shape index (κ2) is 45.8. The van der Waals surface area contributed by atoms with Crippen molar-refractivity contribution in [2.45, 2.75) is 258 Å². The largest absolute Gasteiger partial charge is 0.462 e. The van der Waals surface area contributed by atoms with Crippen molar-refractivity contribution in [3.63, 3.8) is 0 Å². The fourth-order valence-electron chi connectivity index (χ4n) is 6.89. The lowest BCUT2D eigenvalue weighted by molar-refractivity contribution is -0.163. The van der Waals surface area contributed by atoms with Crippen LogP contribution in [-0.2, 0) is 23.8 Å². The average Bonchev–Trinajstić information content (AvgIpc) is 3.17. The summed E-state index contributed by atoms with van der Waals surface area (Å²) in [5.41, 5.74) is 0. The zero-order chi connectivity index (χ0) is 39.3. The molecule has 318 valence electrons. The minimum Gasteiger partial charge on any atom is -0.462 e. The van der Waals surface area contributed by atoms with E-state index in [-0.39, 0.29) is 18.5 Å². The van der Waals surface area contributed by atoms with E-state index in [2.05, 4.69) is 45.1 Å². The van der Waals surface area contributed by atoms with E-state index in [0.29, 0.717) is 26.1 Å². The molecule has 0 heterocycles. The number of carbonyl (C=O) groups excluding carboxylic acids is 2. The molecule has 0 spiro atoms. The van der Waals surface area contributed by atoms with Gasteiger partial charge in [0.1, 0.15) is 6.61 Å². The molecule has 0 saturated carbocycles. The van der Waals surface area contributed by atoms with Gasteiger partial charge in [-0.3, -0.25) is 9.59 Å². The number of allylic oxidation sites excluding steroid dienone is 4. The zero-order valence-electron chi connectivity index (χ0n) is 36.5. The second-order valence-electron chi connectivity index (χ2n) is 16.0. The monoisotopic (exact) mass is 761 g/mol. The molecule has 0 rings (SSSR count). The molecule has 0 bridgehead atoms. The maximum Gasteiger partial charge on any atom is 0.306 e. The van der Waals surface area contributed by atoms with Gasteiger partial charge in [-0.1, -0.05) is 212 Å². The summed E-state index contributed by atoms with van der Waals surface area (Å²) in [4.78, 5) is 25.0. The molecule has 0 aliphatic rings. The summed E-state index contributed by atoms with van der Waals surface area (Å²) >= 11 is 0. The Morgan fingerprint density at radius 2 is 0.778 bits per heavy atom. The van der Waals surface area contributed by atoms with Crippen LogP contribution < -0.4 is 0 Å². The van der Waals surface area contributed by atoms with Gasteiger partial charge < -0.3 is 14.2 Å². The standard InChI is InChI=1S/C49H92O5/c1-4-7-10-13-15-17-19-21-22-23-24-25-26-27-29-31-33-35-38-41-44-52-45-47(54-49(51)43-40-36-12-9-6-3)46-53-48(50)42-39-37-34-32-30-28-20-18-16-14-11-8-5-2/h15,17,21-22,47H,4-14,16,18-20,23-46H2,1-3H3/b17-15-,22-21-. The van der Waals surface area contributed by atoms with Gasteiger partial charge in [0.2, 0.25) is 0 Å². The first kappa shape index (κ1) is 52.4. The third-order valence-corrected chi connectivity index (χ3v) is 10.5. The number of ether oxygens (including phenoxy) is 3. The molecule has 0 aromatic rings. The predicted molar refractivity (Wildman–Crippen MR) is 233 cm³/mol. The molecule has 54 heavy (non-hydrogen) atoms. The number of unbranched alkanes of at least 4 members (excludes halogenated alkanes) is 29. The van der Waals surface area contributed by atoms with Crippen molar-refractivity contribution in [3.8, 4) is 0 Å². The van der Waals surface area contributed by atoms with E-state index in [0.717, 1.165) is 51.4 Å². The third kappa shape index (κ3) is 43.1. The predicted octanol–water partition coefficient (Wildman–Crippen LogP) is 15.7. The molecular formula is C49H92O5. The number of esters is 2. The molecule has 0 aliphatic heterocycles. The van der Waals surface area contributed by atoms with Gasteiger partial charge in [0, 0.05) is 19.4 Å². The van der Waals surface area contributed by atoms with Crippen LogP contribution in [0.3, 0.4) is 0 Å². The molecule has 5 nitrogen and oxygen atoms in total. The molecule has 0 amide bonds. The van der Waals surface area contributed by atoms with Crippen molar-refractivity contribution in [1.29, 1.82) is 0 Å². The van der Waals surface area contributed by atoms with Crippen LogP contribution in [0.4, 0.5) is 0 Å². The maximum atomic E-state index is 12.5. The van der Waals surface area contributed by atoms with Crippen LogP contribution in [0.15, 0.2) is 24.3 Å². The van der Waals surface area contributed by atoms with Crippen molar-refractivity contribution in [1.82, 2.24) is 0 Å². The quantitative estimate of drug-likeness (QED) is 0.0352. The first-order valence-electron chi connectivity index (χ1n) is 23.9. The lowest BCUT2D eigenvalue weighted by Crippen LogP contribution is -2.30. The maximum absolute atomic E-state index is 12.5. The van der Waals surface area contributed by atoms with Gasteiger partial charge in [-0.15, -0.1) is 0 Å². The normalized spacial score (nSPS) is 12.3. The van der Waals surface area contributed by atoms with Crippen molar-refractivity contribution in [2.24, 2.45) is 0 Å². The molecule has 0 aromatic carbocycles. The van der Waals surface area contributed by atoms with Crippen LogP contribution in [0, 0.1) is 0 Å². The van der Waals surface area contributed by atoms with E-state index in [1.54, 1.807) is 0 Å². The lowest BCUT2D eigenvalue weighted by atomic mass is 10.0. The van der Waals surface area contributed by atoms with Gasteiger partial charge >= 0.3 is 11.9 Å². The topological polar surface area (TPSA) is 61.8 Å². The van der Waals surface area contributed by atoms with Crippen LogP contribution >= 0.6 is 0 Å². The van der Waals surface area contributed by atoms with Gasteiger partial charge in [0.05, 0.1) is 6.61 Å². The first-order valence-corrected chi connectivity index (χ1v) is 23.9. The highest BCUT2D eigenvalue weighted by atomic mass is 16.6. The Hall–Kier alpha value is -1.62. The molecule has 0 N–H and O–H groups in total. The zero-order valence-corrected chi connectivity index (χ0v) is 36.5. The van der Waals surface area contributed by atoms with Crippen LogP contribution in [-0.4, -0.2) is 37.9 Å². The average molecular weight is 761 g/mol. The van der Waals surface area contributed by atoms with Crippen molar-refractivity contribution in [3.05, 3.63) is 24.3 Å². The highest BCUT2D eigenvalue weighted by Gasteiger charge is 2.17. The third-order valence-electron chi connectivity index (χ3n) is 10.5. The Labute approximate surface area is 337 Å². The fourth-order valence-corrected chi connectivity index (χ4v) is 6.89. The highest BCUT2D eigenvalue weighted by molar-refractivity contribution is 5.70. The number of rotatable bonds is 44. The van der Waals surface area contributed by atoms with Gasteiger partial charge in [-0.2, -0.15) is 0 Å². The highest BCUT2D eigenvalue weighted by Crippen LogP contribution is 2.15. The summed E-state index contributed by atoms with van der Waals surface area (Å²) in [5.74, 6) is -0.399. The van der Waals surface area contributed by atoms with Crippen molar-refractivity contribution in [2.75, 3.05) is 19.8 Å². The van der Waals surface area contributed by atoms with Gasteiger partial charge in [0.15, 0.2) is 6.10 Å². The smallest absolute Gasteiger partial charge is 0.306 e. The number of hydrogen-bond donors (Lipinski definition) is 0. The van der Waals surface area contributed by atoms with E-state index in [1.807, 2.05) is 0 Å². The molecule has 0 radical (unpaired) electrons. The SMILES string of the molecule is CCCCC/C=C\C/C=C\CCCCCCCCCCCCOCC(COC(=O)CCCCCCCCCCCCCCC)OC(=O)CCCCCCC. The van der Waals surface area contributed by atoms with Crippen LogP contribution in [0.25, 0.3) is 0 Å². The summed E-state index contributed by atoms with van der Waals surface area (Å²) in [6.45, 7) is 7.76. The summed E-state index contributed by atoms with van der Waals surface area (Å²) in [6, 6.07) is 0. The Kier molecular flexibility index (Phi) is 44.4. The Bertz CT molecular complexity index is 821. The van der Waals surface area contributed by atoms with Crippen molar-refractivity contribution >= 4 is 11.9 Å². The Morgan fingerprint density at radius 1 is 0.407 bits per heavy atom. The Morgan fingerprint density at radius 3 is 1.26 bits per heavy atom. The van der Waals surface area contributed by atoms with Crippen LogP contribution in [0.5, 0.6) is 0 Å². The molecule has 0 saturated heterocycles. The molecular weight excluding hydrogens is 669 g/mol. The minimum atomic E-state index is -0.526. The summed E-state index contributed by atoms with van der Waals surface area (Å²) in [7, 11) is 0. The fraction of sp³-hybridized carbons (Fsp3) is 0.878. The molecule has 1 unspecified atom stereocenters. The Balaban J connectivity index is 3.98. The van der Waals surface area contributed by atoms with E-state index >= 15 is 0 Å². The van der Waals surface area contributed by atoms with E-state index < -0.39 is 6.10 Å². The van der Waals surface area contributed by atoms with E-state index in [1.165, 1.54) is 167 Å². The van der Waals surface area contributed by atoms with Gasteiger partial charge in [-0.25, -0.2) is 0 Å². The summed E-state index contributed by atoms with van der Waals surface area (Å²) in [6.07, 6.45) is 52.1. The number of hydrogen-bond acceptors (Lipinski definition) is 5.